The fourth-order valence-electron chi connectivity index (χ4n) is 2.59. The Bertz CT molecular complexity index is 711. The maximum absolute atomic E-state index is 3.78. The van der Waals surface area contributed by atoms with E-state index in [2.05, 4.69) is 88.9 Å². The van der Waals surface area contributed by atoms with Gasteiger partial charge in [-0.3, -0.25) is 0 Å². The first kappa shape index (κ1) is 12.5. The van der Waals surface area contributed by atoms with Crippen LogP contribution in [0.3, 0.4) is 0 Å². The fourth-order valence-corrected chi connectivity index (χ4v) is 3.56. The average molecular weight is 314 g/mol. The summed E-state index contributed by atoms with van der Waals surface area (Å²) in [6, 6.07) is 19.1. The van der Waals surface area contributed by atoms with Crippen molar-refractivity contribution in [3.63, 3.8) is 0 Å². The summed E-state index contributed by atoms with van der Waals surface area (Å²) in [4.78, 5) is 0. The minimum absolute atomic E-state index is 0.460. The highest BCUT2D eigenvalue weighted by Crippen LogP contribution is 2.37. The van der Waals surface area contributed by atoms with Crippen LogP contribution in [-0.2, 0) is 0 Å². The van der Waals surface area contributed by atoms with E-state index in [9.17, 15) is 0 Å². The number of aromatic nitrogens is 1. The molecule has 3 rings (SSSR count). The van der Waals surface area contributed by atoms with Crippen molar-refractivity contribution < 1.29 is 0 Å². The van der Waals surface area contributed by atoms with Crippen molar-refractivity contribution in [1.82, 2.24) is 4.57 Å². The third-order valence-electron chi connectivity index (χ3n) is 3.41. The zero-order valence-corrected chi connectivity index (χ0v) is 12.7. The number of halogens is 1. The quantitative estimate of drug-likeness (QED) is 0.587. The predicted octanol–water partition coefficient (Wildman–Crippen LogP) is 5.52. The molecule has 0 N–H and O–H groups in total. The van der Waals surface area contributed by atoms with Gasteiger partial charge in [0.1, 0.15) is 0 Å². The Morgan fingerprint density at radius 2 is 1.53 bits per heavy atom. The lowest BCUT2D eigenvalue weighted by atomic mass is 10.1. The van der Waals surface area contributed by atoms with Crippen LogP contribution in [0, 0.1) is 0 Å². The molecule has 96 valence electrons. The second-order valence-corrected chi connectivity index (χ2v) is 5.84. The molecule has 1 aromatic heterocycles. The monoisotopic (exact) mass is 313 g/mol. The Labute approximate surface area is 122 Å². The van der Waals surface area contributed by atoms with E-state index in [1.165, 1.54) is 26.8 Å². The molecular weight excluding hydrogens is 298 g/mol. The average Bonchev–Trinajstić information content (AvgIpc) is 2.74. The lowest BCUT2D eigenvalue weighted by Gasteiger charge is -2.13. The van der Waals surface area contributed by atoms with Crippen molar-refractivity contribution in [3.8, 4) is 5.69 Å². The molecule has 0 amide bonds. The first-order valence-corrected chi connectivity index (χ1v) is 7.33. The Hall–Kier alpha value is -1.54. The van der Waals surface area contributed by atoms with E-state index in [1.807, 2.05) is 0 Å². The van der Waals surface area contributed by atoms with Gasteiger partial charge in [0.05, 0.1) is 5.52 Å². The molecule has 1 heterocycles. The summed E-state index contributed by atoms with van der Waals surface area (Å²) in [5, 5.41) is 1.27. The number of hydrogen-bond acceptors (Lipinski definition) is 0. The van der Waals surface area contributed by atoms with Gasteiger partial charge in [-0.15, -0.1) is 0 Å². The van der Waals surface area contributed by atoms with Crippen LogP contribution in [0.2, 0.25) is 0 Å². The van der Waals surface area contributed by atoms with Crippen LogP contribution >= 0.6 is 15.9 Å². The van der Waals surface area contributed by atoms with Gasteiger partial charge in [-0.05, 0) is 40.0 Å². The molecule has 0 aliphatic carbocycles. The SMILES string of the molecule is CC(C)c1c(Br)c2ccccc2n1-c1ccccc1. The topological polar surface area (TPSA) is 4.93 Å². The molecule has 19 heavy (non-hydrogen) atoms. The van der Waals surface area contributed by atoms with Crippen molar-refractivity contribution >= 4 is 26.8 Å². The Morgan fingerprint density at radius 3 is 2.21 bits per heavy atom. The molecular formula is C17H16BrN. The second-order valence-electron chi connectivity index (χ2n) is 5.04. The van der Waals surface area contributed by atoms with Crippen LogP contribution in [0.5, 0.6) is 0 Å². The van der Waals surface area contributed by atoms with E-state index < -0.39 is 0 Å². The first-order valence-electron chi connectivity index (χ1n) is 6.54. The number of benzene rings is 2. The molecule has 0 saturated heterocycles. The van der Waals surface area contributed by atoms with E-state index in [0.29, 0.717) is 5.92 Å². The van der Waals surface area contributed by atoms with Crippen molar-refractivity contribution in [2.75, 3.05) is 0 Å². The van der Waals surface area contributed by atoms with Crippen LogP contribution in [0.4, 0.5) is 0 Å². The van der Waals surface area contributed by atoms with E-state index in [4.69, 9.17) is 0 Å². The zero-order valence-electron chi connectivity index (χ0n) is 11.1. The van der Waals surface area contributed by atoms with Gasteiger partial charge in [-0.2, -0.15) is 0 Å². The number of fused-ring (bicyclic) bond motifs is 1. The van der Waals surface area contributed by atoms with E-state index in [1.54, 1.807) is 0 Å². The first-order chi connectivity index (χ1) is 9.20. The van der Waals surface area contributed by atoms with Crippen LogP contribution in [-0.4, -0.2) is 4.57 Å². The maximum atomic E-state index is 3.78. The molecule has 0 unspecified atom stereocenters. The van der Waals surface area contributed by atoms with E-state index >= 15 is 0 Å². The molecule has 0 fully saturated rings. The Morgan fingerprint density at radius 1 is 0.895 bits per heavy atom. The summed E-state index contributed by atoms with van der Waals surface area (Å²) in [6.45, 7) is 4.47. The summed E-state index contributed by atoms with van der Waals surface area (Å²) in [5.41, 5.74) is 3.80. The van der Waals surface area contributed by atoms with Crippen molar-refractivity contribution in [2.24, 2.45) is 0 Å². The van der Waals surface area contributed by atoms with Gasteiger partial charge >= 0.3 is 0 Å². The summed E-state index contributed by atoms with van der Waals surface area (Å²) in [7, 11) is 0. The van der Waals surface area contributed by atoms with Crippen LogP contribution in [0.25, 0.3) is 16.6 Å². The third-order valence-corrected chi connectivity index (χ3v) is 4.24. The van der Waals surface area contributed by atoms with Gasteiger partial charge in [-0.25, -0.2) is 0 Å². The summed E-state index contributed by atoms with van der Waals surface area (Å²) >= 11 is 3.78. The third kappa shape index (κ3) is 2.00. The Kier molecular flexibility index (Phi) is 3.19. The molecule has 0 saturated carbocycles. The van der Waals surface area contributed by atoms with E-state index in [-0.39, 0.29) is 0 Å². The van der Waals surface area contributed by atoms with Gasteiger partial charge in [0, 0.05) is 21.2 Å². The van der Waals surface area contributed by atoms with Crippen molar-refractivity contribution in [2.45, 2.75) is 19.8 Å². The molecule has 2 aromatic carbocycles. The van der Waals surface area contributed by atoms with E-state index in [0.717, 1.165) is 0 Å². The summed E-state index contributed by atoms with van der Waals surface area (Å²) in [5.74, 6) is 0.460. The highest BCUT2D eigenvalue weighted by molar-refractivity contribution is 9.10. The molecule has 2 heteroatoms. The normalized spacial score (nSPS) is 11.4. The lowest BCUT2D eigenvalue weighted by Crippen LogP contribution is -2.01. The van der Waals surface area contributed by atoms with Crippen molar-refractivity contribution in [3.05, 3.63) is 64.8 Å². The minimum Gasteiger partial charge on any atom is -0.312 e. The minimum atomic E-state index is 0.460. The fraction of sp³-hybridized carbons (Fsp3) is 0.176. The zero-order chi connectivity index (χ0) is 13.4. The molecule has 0 aliphatic heterocycles. The van der Waals surface area contributed by atoms with Gasteiger partial charge in [-0.1, -0.05) is 50.2 Å². The highest BCUT2D eigenvalue weighted by Gasteiger charge is 2.18. The lowest BCUT2D eigenvalue weighted by molar-refractivity contribution is 0.791. The summed E-state index contributed by atoms with van der Waals surface area (Å²) in [6.07, 6.45) is 0. The second kappa shape index (κ2) is 4.86. The van der Waals surface area contributed by atoms with Gasteiger partial charge in [0.15, 0.2) is 0 Å². The largest absolute Gasteiger partial charge is 0.312 e. The van der Waals surface area contributed by atoms with Crippen LogP contribution in [0.15, 0.2) is 59.1 Å². The standard InChI is InChI=1S/C17H16BrN/c1-12(2)17-16(18)14-10-6-7-11-15(14)19(17)13-8-4-3-5-9-13/h3-12H,1-2H3. The van der Waals surface area contributed by atoms with Crippen molar-refractivity contribution in [1.29, 1.82) is 0 Å². The molecule has 0 aliphatic rings. The number of rotatable bonds is 2. The molecule has 0 atom stereocenters. The van der Waals surface area contributed by atoms with Gasteiger partial charge < -0.3 is 4.57 Å². The van der Waals surface area contributed by atoms with Crippen LogP contribution < -0.4 is 0 Å². The number of hydrogen-bond donors (Lipinski definition) is 0. The summed E-state index contributed by atoms with van der Waals surface area (Å²) < 4.78 is 3.56. The Balaban J connectivity index is 2.42. The molecule has 0 bridgehead atoms. The van der Waals surface area contributed by atoms with Gasteiger partial charge in [0.2, 0.25) is 0 Å². The predicted molar refractivity (Wildman–Crippen MR) is 85.1 cm³/mol. The molecule has 0 spiro atoms. The smallest absolute Gasteiger partial charge is 0.0543 e. The van der Waals surface area contributed by atoms with Gasteiger partial charge in [0.25, 0.3) is 0 Å². The van der Waals surface area contributed by atoms with Crippen LogP contribution in [0.1, 0.15) is 25.5 Å². The highest BCUT2D eigenvalue weighted by atomic mass is 79.9. The molecule has 0 radical (unpaired) electrons. The molecule has 1 nitrogen and oxygen atoms in total. The number of para-hydroxylation sites is 2. The maximum Gasteiger partial charge on any atom is 0.0543 e. The number of nitrogens with zero attached hydrogens (tertiary/aromatic N) is 1. The molecule has 3 aromatic rings.